The lowest BCUT2D eigenvalue weighted by Gasteiger charge is -2.35. The first-order valence-electron chi connectivity index (χ1n) is 14.9. The Bertz CT molecular complexity index is 1100. The third-order valence-electron chi connectivity index (χ3n) is 8.04. The molecule has 1 aromatic heterocycles. The van der Waals surface area contributed by atoms with Crippen LogP contribution >= 0.6 is 0 Å². The molecule has 1 saturated heterocycles. The van der Waals surface area contributed by atoms with E-state index in [0.717, 1.165) is 87.9 Å². The molecule has 3 heterocycles. The molecule has 4 rings (SSSR count). The van der Waals surface area contributed by atoms with Crippen LogP contribution in [0.1, 0.15) is 68.1 Å². The highest BCUT2D eigenvalue weighted by Crippen LogP contribution is 2.28. The molecule has 40 heavy (non-hydrogen) atoms. The van der Waals surface area contributed by atoms with Gasteiger partial charge in [-0.25, -0.2) is 4.98 Å². The number of likely N-dealkylation sites (tertiary alicyclic amines) is 1. The zero-order valence-corrected chi connectivity index (χ0v) is 24.1. The van der Waals surface area contributed by atoms with Gasteiger partial charge in [0.2, 0.25) is 11.9 Å². The first kappa shape index (κ1) is 29.7. The van der Waals surface area contributed by atoms with Crippen LogP contribution in [0.3, 0.4) is 0 Å². The highest BCUT2D eigenvalue weighted by molar-refractivity contribution is 5.95. The van der Waals surface area contributed by atoms with Crippen LogP contribution < -0.4 is 21.7 Å². The Kier molecular flexibility index (Phi) is 11.1. The fraction of sp³-hybridized carbons (Fsp3) is 0.600. The Hall–Kier alpha value is -3.24. The van der Waals surface area contributed by atoms with Crippen molar-refractivity contribution in [3.63, 3.8) is 0 Å². The Morgan fingerprint density at radius 3 is 2.30 bits per heavy atom. The molecule has 5 N–H and O–H groups in total. The maximum Gasteiger partial charge on any atom is 0.253 e. The van der Waals surface area contributed by atoms with Gasteiger partial charge in [0.25, 0.3) is 5.91 Å². The van der Waals surface area contributed by atoms with Gasteiger partial charge >= 0.3 is 0 Å². The van der Waals surface area contributed by atoms with Crippen LogP contribution in [0.2, 0.25) is 0 Å². The van der Waals surface area contributed by atoms with Gasteiger partial charge in [-0.2, -0.15) is 4.98 Å². The third kappa shape index (κ3) is 8.38. The highest BCUT2D eigenvalue weighted by Gasteiger charge is 2.25. The molecule has 2 bridgehead atoms. The lowest BCUT2D eigenvalue weighted by molar-refractivity contribution is -0.122. The van der Waals surface area contributed by atoms with E-state index in [0.29, 0.717) is 31.0 Å². The van der Waals surface area contributed by atoms with Gasteiger partial charge < -0.3 is 31.5 Å². The fourth-order valence-electron chi connectivity index (χ4n) is 5.33. The molecule has 10 nitrogen and oxygen atoms in total. The molecule has 0 spiro atoms. The average Bonchev–Trinajstić information content (AvgIpc) is 2.97. The average molecular weight is 551 g/mol. The smallest absolute Gasteiger partial charge is 0.253 e. The topological polar surface area (TPSA) is 129 Å². The summed E-state index contributed by atoms with van der Waals surface area (Å²) in [7, 11) is 4.04. The molecule has 218 valence electrons. The van der Waals surface area contributed by atoms with Crippen molar-refractivity contribution in [2.75, 3.05) is 57.5 Å². The normalized spacial score (nSPS) is 20.8. The first-order valence-corrected chi connectivity index (χ1v) is 14.9. The molecule has 1 fully saturated rings. The van der Waals surface area contributed by atoms with Crippen LogP contribution in [-0.2, 0) is 4.79 Å². The van der Waals surface area contributed by atoms with Gasteiger partial charge in [0.1, 0.15) is 5.82 Å². The van der Waals surface area contributed by atoms with Crippen LogP contribution in [-0.4, -0.2) is 90.5 Å². The number of nitrogens with one attached hydrogen (secondary N) is 3. The molecule has 2 aliphatic heterocycles. The summed E-state index contributed by atoms with van der Waals surface area (Å²) in [5.74, 6) is 1.36. The summed E-state index contributed by atoms with van der Waals surface area (Å²) >= 11 is 0. The zero-order valence-electron chi connectivity index (χ0n) is 24.1. The van der Waals surface area contributed by atoms with Gasteiger partial charge in [-0.1, -0.05) is 25.0 Å². The van der Waals surface area contributed by atoms with E-state index < -0.39 is 6.04 Å². The number of carbonyl (C=O) groups excluding carboxylic acids is 2. The second kappa shape index (κ2) is 14.9. The number of nitrogens with zero attached hydrogens (tertiary/aromatic N) is 4. The molecule has 1 atom stereocenters. The third-order valence-corrected chi connectivity index (χ3v) is 8.04. The van der Waals surface area contributed by atoms with Crippen LogP contribution in [0.25, 0.3) is 11.1 Å². The molecule has 10 heteroatoms. The number of benzene rings is 1. The maximum absolute atomic E-state index is 13.2. The molecule has 0 aliphatic carbocycles. The number of hydrogen-bond donors (Lipinski definition) is 4. The number of fused-ring (bicyclic) bond motifs is 2. The van der Waals surface area contributed by atoms with Gasteiger partial charge in [-0.3, -0.25) is 9.59 Å². The SMILES string of the molecule is CN1CCC(N(C)C(=O)c2ccc(-c3cnc4nc3NCCCC[C@H](N)C(=O)NCCCCCCN4)cc2)CC1. The Balaban J connectivity index is 1.45. The second-order valence-corrected chi connectivity index (χ2v) is 11.1. The standard InChI is InChI=1S/C30H46N8O2/c1-37-19-14-24(15-20-37)38(2)29(40)23-12-10-22(11-13-23)25-21-35-30-34-18-7-4-3-6-17-33-28(39)26(31)9-5-8-16-32-27(25)36-30/h10-13,21,24,26H,3-9,14-20,31H2,1-2H3,(H,33,39)(H2,32,34,35,36)/t26-/m0/s1. The van der Waals surface area contributed by atoms with E-state index in [-0.39, 0.29) is 17.9 Å². The molecule has 0 unspecified atom stereocenters. The molecular formula is C30H46N8O2. The molecule has 2 aliphatic rings. The number of carbonyl (C=O) groups is 2. The van der Waals surface area contributed by atoms with Crippen molar-refractivity contribution in [3.05, 3.63) is 36.0 Å². The number of piperidine rings is 1. The van der Waals surface area contributed by atoms with Gasteiger partial charge in [0.05, 0.1) is 6.04 Å². The molecule has 2 aromatic rings. The van der Waals surface area contributed by atoms with E-state index in [2.05, 4.69) is 32.9 Å². The minimum absolute atomic E-state index is 0.0572. The number of hydrogen-bond acceptors (Lipinski definition) is 8. The van der Waals surface area contributed by atoms with Gasteiger partial charge in [0.15, 0.2) is 0 Å². The number of nitrogens with two attached hydrogens (primary N) is 1. The van der Waals surface area contributed by atoms with E-state index in [1.807, 2.05) is 42.4 Å². The monoisotopic (exact) mass is 550 g/mol. The maximum atomic E-state index is 13.2. The summed E-state index contributed by atoms with van der Waals surface area (Å²) < 4.78 is 0. The van der Waals surface area contributed by atoms with Crippen molar-refractivity contribution in [1.29, 1.82) is 0 Å². The Morgan fingerprint density at radius 1 is 0.925 bits per heavy atom. The van der Waals surface area contributed by atoms with E-state index in [1.165, 1.54) is 0 Å². The number of amides is 2. The number of anilines is 2. The summed E-state index contributed by atoms with van der Waals surface area (Å²) in [5, 5.41) is 9.78. The number of rotatable bonds is 3. The van der Waals surface area contributed by atoms with Crippen LogP contribution in [0.15, 0.2) is 30.5 Å². The molecule has 0 saturated carbocycles. The van der Waals surface area contributed by atoms with Crippen molar-refractivity contribution in [1.82, 2.24) is 25.1 Å². The van der Waals surface area contributed by atoms with E-state index in [4.69, 9.17) is 10.7 Å². The largest absolute Gasteiger partial charge is 0.369 e. The quantitative estimate of drug-likeness (QED) is 0.458. The molecule has 2 amide bonds. The van der Waals surface area contributed by atoms with Gasteiger partial charge in [-0.05, 0) is 82.8 Å². The zero-order chi connectivity index (χ0) is 28.3. The van der Waals surface area contributed by atoms with Gasteiger partial charge in [0, 0.05) is 50.0 Å². The molecular weight excluding hydrogens is 504 g/mol. The van der Waals surface area contributed by atoms with Crippen molar-refractivity contribution < 1.29 is 9.59 Å². The van der Waals surface area contributed by atoms with Crippen LogP contribution in [0, 0.1) is 0 Å². The van der Waals surface area contributed by atoms with Crippen molar-refractivity contribution in [3.8, 4) is 11.1 Å². The van der Waals surface area contributed by atoms with E-state index in [1.54, 1.807) is 0 Å². The predicted molar refractivity (Wildman–Crippen MR) is 160 cm³/mol. The molecule has 1 aromatic carbocycles. The second-order valence-electron chi connectivity index (χ2n) is 11.1. The van der Waals surface area contributed by atoms with Gasteiger partial charge in [-0.15, -0.1) is 0 Å². The van der Waals surface area contributed by atoms with Crippen LogP contribution in [0.4, 0.5) is 11.8 Å². The Morgan fingerprint density at radius 2 is 1.57 bits per heavy atom. The summed E-state index contributed by atoms with van der Waals surface area (Å²) in [5.41, 5.74) is 8.62. The minimum Gasteiger partial charge on any atom is -0.369 e. The molecule has 0 radical (unpaired) electrons. The summed E-state index contributed by atoms with van der Waals surface area (Å²) in [4.78, 5) is 39.0. The lowest BCUT2D eigenvalue weighted by Crippen LogP contribution is -2.44. The van der Waals surface area contributed by atoms with E-state index >= 15 is 0 Å². The summed E-state index contributed by atoms with van der Waals surface area (Å²) in [6.45, 7) is 4.21. The fourth-order valence-corrected chi connectivity index (χ4v) is 5.33. The summed E-state index contributed by atoms with van der Waals surface area (Å²) in [6.07, 6.45) is 10.3. The Labute approximate surface area is 238 Å². The highest BCUT2D eigenvalue weighted by atomic mass is 16.2. The van der Waals surface area contributed by atoms with Crippen LogP contribution in [0.5, 0.6) is 0 Å². The number of aromatic nitrogens is 2. The minimum atomic E-state index is -0.469. The first-order chi connectivity index (χ1) is 19.4. The van der Waals surface area contributed by atoms with Crippen molar-refractivity contribution in [2.45, 2.75) is 69.9 Å². The van der Waals surface area contributed by atoms with Crippen molar-refractivity contribution >= 4 is 23.6 Å². The van der Waals surface area contributed by atoms with Crippen molar-refractivity contribution in [2.24, 2.45) is 5.73 Å². The lowest BCUT2D eigenvalue weighted by atomic mass is 10.0. The van der Waals surface area contributed by atoms with E-state index in [9.17, 15) is 9.59 Å². The summed E-state index contributed by atoms with van der Waals surface area (Å²) in [6, 6.07) is 7.56. The predicted octanol–water partition coefficient (Wildman–Crippen LogP) is 3.32.